The van der Waals surface area contributed by atoms with Crippen molar-refractivity contribution in [3.05, 3.63) is 69.6 Å². The number of methoxy groups -OCH3 is 1. The van der Waals surface area contributed by atoms with Gasteiger partial charge in [-0.1, -0.05) is 32.0 Å². The Morgan fingerprint density at radius 1 is 1.08 bits per heavy atom. The van der Waals surface area contributed by atoms with Crippen LogP contribution in [0.3, 0.4) is 0 Å². The number of carbonyl (C=O) groups excluding carboxylic acids is 1. The topological polar surface area (TPSA) is 68.5 Å². The van der Waals surface area contributed by atoms with Gasteiger partial charge in [0.2, 0.25) is 0 Å². The molecule has 134 valence electrons. The maximum absolute atomic E-state index is 12.8. The lowest BCUT2D eigenvalue weighted by Crippen LogP contribution is -2.22. The van der Waals surface area contributed by atoms with E-state index in [1.807, 2.05) is 32.0 Å². The van der Waals surface area contributed by atoms with Crippen LogP contribution < -0.4 is 15.7 Å². The standard InChI is InChI=1S/C21H21NO4/c1-4-13-7-6-8-14(5-2)19(13)22-20(23)17-12-15-11-16(25-3)9-10-18(15)26-21(17)24/h6-12H,4-5H2,1-3H3,(H,22,23). The van der Waals surface area contributed by atoms with Crippen molar-refractivity contribution in [2.24, 2.45) is 0 Å². The zero-order valence-electron chi connectivity index (χ0n) is 15.1. The summed E-state index contributed by atoms with van der Waals surface area (Å²) in [5.74, 6) is 0.154. The molecule has 0 aliphatic carbocycles. The van der Waals surface area contributed by atoms with E-state index in [1.54, 1.807) is 31.4 Å². The molecular formula is C21H21NO4. The fraction of sp³-hybridized carbons (Fsp3) is 0.238. The summed E-state index contributed by atoms with van der Waals surface area (Å²) in [7, 11) is 1.56. The molecule has 2 aromatic carbocycles. The Hall–Kier alpha value is -3.08. The molecule has 0 aliphatic rings. The molecule has 3 aromatic rings. The second kappa shape index (κ2) is 7.44. The number of fused-ring (bicyclic) bond motifs is 1. The van der Waals surface area contributed by atoms with Crippen LogP contribution in [-0.4, -0.2) is 13.0 Å². The van der Waals surface area contributed by atoms with E-state index in [4.69, 9.17) is 9.15 Å². The van der Waals surface area contributed by atoms with E-state index in [0.29, 0.717) is 16.7 Å². The molecule has 0 radical (unpaired) electrons. The maximum atomic E-state index is 12.8. The quantitative estimate of drug-likeness (QED) is 0.700. The Labute approximate surface area is 151 Å². The Morgan fingerprint density at radius 2 is 1.77 bits per heavy atom. The number of hydrogen-bond acceptors (Lipinski definition) is 4. The molecule has 1 N–H and O–H groups in total. The van der Waals surface area contributed by atoms with Crippen molar-refractivity contribution < 1.29 is 13.9 Å². The van der Waals surface area contributed by atoms with Gasteiger partial charge >= 0.3 is 5.63 Å². The van der Waals surface area contributed by atoms with Gasteiger partial charge in [0.25, 0.3) is 5.91 Å². The molecule has 0 atom stereocenters. The van der Waals surface area contributed by atoms with Crippen LogP contribution in [0.25, 0.3) is 11.0 Å². The molecule has 0 aliphatic heterocycles. The predicted octanol–water partition coefficient (Wildman–Crippen LogP) is 4.18. The Balaban J connectivity index is 2.03. The van der Waals surface area contributed by atoms with E-state index in [0.717, 1.165) is 29.7 Å². The minimum Gasteiger partial charge on any atom is -0.497 e. The van der Waals surface area contributed by atoms with E-state index >= 15 is 0 Å². The summed E-state index contributed by atoms with van der Waals surface area (Å²) in [6.45, 7) is 4.06. The number of hydrogen-bond donors (Lipinski definition) is 1. The molecule has 3 rings (SSSR count). The van der Waals surface area contributed by atoms with E-state index in [1.165, 1.54) is 0 Å². The van der Waals surface area contributed by atoms with Crippen molar-refractivity contribution in [2.45, 2.75) is 26.7 Å². The molecule has 1 aromatic heterocycles. The number of ether oxygens (including phenoxy) is 1. The second-order valence-electron chi connectivity index (χ2n) is 5.96. The minimum absolute atomic E-state index is 0.0290. The zero-order valence-corrected chi connectivity index (χ0v) is 15.1. The Morgan fingerprint density at radius 3 is 2.38 bits per heavy atom. The lowest BCUT2D eigenvalue weighted by Gasteiger charge is -2.14. The average Bonchev–Trinajstić information content (AvgIpc) is 2.67. The molecule has 1 amide bonds. The van der Waals surface area contributed by atoms with Gasteiger partial charge in [-0.3, -0.25) is 4.79 Å². The summed E-state index contributed by atoms with van der Waals surface area (Å²) < 4.78 is 10.5. The first-order valence-electron chi connectivity index (χ1n) is 8.61. The molecule has 0 bridgehead atoms. The van der Waals surface area contributed by atoms with Crippen molar-refractivity contribution in [2.75, 3.05) is 12.4 Å². The third-order valence-electron chi connectivity index (χ3n) is 4.42. The highest BCUT2D eigenvalue weighted by atomic mass is 16.5. The van der Waals surface area contributed by atoms with E-state index in [-0.39, 0.29) is 5.56 Å². The number of para-hydroxylation sites is 1. The fourth-order valence-electron chi connectivity index (χ4n) is 2.97. The highest BCUT2D eigenvalue weighted by Gasteiger charge is 2.17. The molecule has 0 unspecified atom stereocenters. The van der Waals surface area contributed by atoms with Gasteiger partial charge in [0, 0.05) is 11.1 Å². The number of aryl methyl sites for hydroxylation is 2. The monoisotopic (exact) mass is 351 g/mol. The van der Waals surface area contributed by atoms with Crippen LogP contribution in [0.4, 0.5) is 5.69 Å². The largest absolute Gasteiger partial charge is 0.497 e. The van der Waals surface area contributed by atoms with Crippen LogP contribution in [0, 0.1) is 0 Å². The summed E-state index contributed by atoms with van der Waals surface area (Å²) in [5.41, 5.74) is 2.56. The van der Waals surface area contributed by atoms with Gasteiger partial charge in [-0.2, -0.15) is 0 Å². The van der Waals surface area contributed by atoms with Crippen LogP contribution in [0.15, 0.2) is 51.7 Å². The summed E-state index contributed by atoms with van der Waals surface area (Å²) in [6.07, 6.45) is 1.57. The smallest absolute Gasteiger partial charge is 0.349 e. The highest BCUT2D eigenvalue weighted by molar-refractivity contribution is 6.06. The number of anilines is 1. The normalized spacial score (nSPS) is 10.7. The molecule has 0 spiro atoms. The number of nitrogens with one attached hydrogen (secondary N) is 1. The molecule has 0 fully saturated rings. The minimum atomic E-state index is -0.660. The van der Waals surface area contributed by atoms with Gasteiger partial charge in [-0.05, 0) is 48.2 Å². The maximum Gasteiger partial charge on any atom is 0.349 e. The van der Waals surface area contributed by atoms with Crippen LogP contribution in [-0.2, 0) is 12.8 Å². The van der Waals surface area contributed by atoms with E-state index in [9.17, 15) is 9.59 Å². The Bertz CT molecular complexity index is 998. The first-order valence-corrected chi connectivity index (χ1v) is 8.61. The SMILES string of the molecule is CCc1cccc(CC)c1NC(=O)c1cc2cc(OC)ccc2oc1=O. The van der Waals surface area contributed by atoms with Crippen molar-refractivity contribution in [1.29, 1.82) is 0 Å². The van der Waals surface area contributed by atoms with Gasteiger partial charge < -0.3 is 14.5 Å². The second-order valence-corrected chi connectivity index (χ2v) is 5.96. The van der Waals surface area contributed by atoms with Crippen molar-refractivity contribution in [3.8, 4) is 5.75 Å². The third kappa shape index (κ3) is 3.33. The molecule has 26 heavy (non-hydrogen) atoms. The van der Waals surface area contributed by atoms with E-state index in [2.05, 4.69) is 5.32 Å². The highest BCUT2D eigenvalue weighted by Crippen LogP contribution is 2.24. The van der Waals surface area contributed by atoms with Crippen molar-refractivity contribution >= 4 is 22.6 Å². The van der Waals surface area contributed by atoms with Gasteiger partial charge in [0.05, 0.1) is 7.11 Å². The van der Waals surface area contributed by atoms with Crippen LogP contribution in [0.1, 0.15) is 35.3 Å². The average molecular weight is 351 g/mol. The number of benzene rings is 2. The van der Waals surface area contributed by atoms with Gasteiger partial charge in [0.1, 0.15) is 16.9 Å². The van der Waals surface area contributed by atoms with Gasteiger partial charge in [-0.25, -0.2) is 4.79 Å². The lowest BCUT2D eigenvalue weighted by molar-refractivity contribution is 0.102. The summed E-state index contributed by atoms with van der Waals surface area (Å²) in [6, 6.07) is 12.6. The summed E-state index contributed by atoms with van der Waals surface area (Å²) in [5, 5.41) is 3.53. The first kappa shape index (κ1) is 17.7. The summed E-state index contributed by atoms with van der Waals surface area (Å²) in [4.78, 5) is 25.0. The molecular weight excluding hydrogens is 330 g/mol. The summed E-state index contributed by atoms with van der Waals surface area (Å²) >= 11 is 0. The molecule has 0 saturated heterocycles. The van der Waals surface area contributed by atoms with E-state index < -0.39 is 11.5 Å². The Kier molecular flexibility index (Phi) is 5.07. The lowest BCUT2D eigenvalue weighted by atomic mass is 10.0. The molecule has 5 heteroatoms. The van der Waals surface area contributed by atoms with Crippen molar-refractivity contribution in [3.63, 3.8) is 0 Å². The zero-order chi connectivity index (χ0) is 18.7. The fourth-order valence-corrected chi connectivity index (χ4v) is 2.97. The number of amides is 1. The number of carbonyl (C=O) groups is 1. The van der Waals surface area contributed by atoms with Crippen LogP contribution >= 0.6 is 0 Å². The predicted molar refractivity (Wildman–Crippen MR) is 102 cm³/mol. The van der Waals surface area contributed by atoms with Gasteiger partial charge in [-0.15, -0.1) is 0 Å². The van der Waals surface area contributed by atoms with Gasteiger partial charge in [0.15, 0.2) is 0 Å². The molecule has 5 nitrogen and oxygen atoms in total. The van der Waals surface area contributed by atoms with Crippen LogP contribution in [0.2, 0.25) is 0 Å². The first-order chi connectivity index (χ1) is 12.6. The molecule has 1 heterocycles. The number of rotatable bonds is 5. The van der Waals surface area contributed by atoms with Crippen molar-refractivity contribution in [1.82, 2.24) is 0 Å². The van der Waals surface area contributed by atoms with Crippen LogP contribution in [0.5, 0.6) is 5.75 Å². The molecule has 0 saturated carbocycles. The third-order valence-corrected chi connectivity index (χ3v) is 4.42.